The number of anilines is 1. The fourth-order valence-corrected chi connectivity index (χ4v) is 1.42. The van der Waals surface area contributed by atoms with Crippen LogP contribution in [0.5, 0.6) is 0 Å². The van der Waals surface area contributed by atoms with Gasteiger partial charge in [0.1, 0.15) is 0 Å². The van der Waals surface area contributed by atoms with Gasteiger partial charge >= 0.3 is 0 Å². The molecule has 0 atom stereocenters. The minimum atomic E-state index is 0.661. The molecule has 1 aromatic rings. The van der Waals surface area contributed by atoms with Gasteiger partial charge in [0.05, 0.1) is 0 Å². The summed E-state index contributed by atoms with van der Waals surface area (Å²) in [5, 5.41) is 6.73. The van der Waals surface area contributed by atoms with Gasteiger partial charge in [-0.25, -0.2) is 0 Å². The Kier molecular flexibility index (Phi) is 4.40. The molecule has 0 fully saturated rings. The molecular formula is C11H16N2S. The molecule has 14 heavy (non-hydrogen) atoms. The van der Waals surface area contributed by atoms with E-state index in [0.29, 0.717) is 5.11 Å². The van der Waals surface area contributed by atoms with Crippen molar-refractivity contribution in [2.45, 2.75) is 19.8 Å². The lowest BCUT2D eigenvalue weighted by Gasteiger charge is -2.11. The number of hydrogen-bond acceptors (Lipinski definition) is 1. The third-order valence-electron chi connectivity index (χ3n) is 2.01. The Morgan fingerprint density at radius 2 is 2.07 bits per heavy atom. The van der Waals surface area contributed by atoms with Crippen LogP contribution in [0.2, 0.25) is 0 Å². The molecule has 2 N–H and O–H groups in total. The Morgan fingerprint density at radius 1 is 1.36 bits per heavy atom. The summed E-state index contributed by atoms with van der Waals surface area (Å²) in [7, 11) is 1.82. The Labute approximate surface area is 90.7 Å². The molecule has 0 bridgehead atoms. The Bertz CT molecular complexity index is 310. The molecule has 3 heteroatoms. The third kappa shape index (κ3) is 3.00. The maximum absolute atomic E-state index is 5.06. The average molecular weight is 208 g/mol. The molecule has 2 nitrogen and oxygen atoms in total. The summed E-state index contributed by atoms with van der Waals surface area (Å²) in [6, 6.07) is 8.25. The van der Waals surface area contributed by atoms with E-state index < -0.39 is 0 Å². The topological polar surface area (TPSA) is 24.1 Å². The van der Waals surface area contributed by atoms with Crippen LogP contribution in [0.1, 0.15) is 18.9 Å². The van der Waals surface area contributed by atoms with Crippen LogP contribution < -0.4 is 10.6 Å². The average Bonchev–Trinajstić information content (AvgIpc) is 2.21. The van der Waals surface area contributed by atoms with Crippen molar-refractivity contribution in [3.8, 4) is 0 Å². The zero-order chi connectivity index (χ0) is 10.4. The quantitative estimate of drug-likeness (QED) is 0.747. The number of hydrogen-bond donors (Lipinski definition) is 2. The zero-order valence-electron chi connectivity index (χ0n) is 8.63. The van der Waals surface area contributed by atoms with Gasteiger partial charge in [-0.15, -0.1) is 0 Å². The molecule has 0 saturated carbocycles. The minimum absolute atomic E-state index is 0.661. The fourth-order valence-electron chi connectivity index (χ4n) is 1.31. The van der Waals surface area contributed by atoms with Gasteiger partial charge in [-0.3, -0.25) is 0 Å². The monoisotopic (exact) mass is 208 g/mol. The summed E-state index contributed by atoms with van der Waals surface area (Å²) in [5.41, 5.74) is 2.42. The Hall–Kier alpha value is -1.09. The minimum Gasteiger partial charge on any atom is -0.366 e. The first kappa shape index (κ1) is 11.0. The van der Waals surface area contributed by atoms with Crippen molar-refractivity contribution in [1.82, 2.24) is 5.32 Å². The van der Waals surface area contributed by atoms with Crippen molar-refractivity contribution in [1.29, 1.82) is 0 Å². The third-order valence-corrected chi connectivity index (χ3v) is 2.32. The van der Waals surface area contributed by atoms with E-state index in [9.17, 15) is 0 Å². The smallest absolute Gasteiger partial charge is 0.170 e. The number of para-hydroxylation sites is 1. The van der Waals surface area contributed by atoms with Crippen LogP contribution in [0, 0.1) is 0 Å². The van der Waals surface area contributed by atoms with Crippen LogP contribution in [-0.2, 0) is 6.42 Å². The van der Waals surface area contributed by atoms with Gasteiger partial charge < -0.3 is 10.6 Å². The van der Waals surface area contributed by atoms with Gasteiger partial charge in [-0.2, -0.15) is 0 Å². The van der Waals surface area contributed by atoms with Crippen molar-refractivity contribution in [3.05, 3.63) is 29.8 Å². The second-order valence-electron chi connectivity index (χ2n) is 3.11. The van der Waals surface area contributed by atoms with Crippen molar-refractivity contribution < 1.29 is 0 Å². The molecule has 0 spiro atoms. The highest BCUT2D eigenvalue weighted by molar-refractivity contribution is 7.80. The summed E-state index contributed by atoms with van der Waals surface area (Å²) >= 11 is 5.06. The molecule has 0 amide bonds. The highest BCUT2D eigenvalue weighted by atomic mass is 32.1. The first-order chi connectivity index (χ1) is 6.77. The summed E-state index contributed by atoms with van der Waals surface area (Å²) in [6.07, 6.45) is 2.22. The van der Waals surface area contributed by atoms with E-state index >= 15 is 0 Å². The van der Waals surface area contributed by atoms with Gasteiger partial charge in [0, 0.05) is 12.7 Å². The van der Waals surface area contributed by atoms with E-state index in [1.165, 1.54) is 5.56 Å². The van der Waals surface area contributed by atoms with E-state index in [-0.39, 0.29) is 0 Å². The summed E-state index contributed by atoms with van der Waals surface area (Å²) in [4.78, 5) is 0. The van der Waals surface area contributed by atoms with Gasteiger partial charge in [0.15, 0.2) is 5.11 Å². The van der Waals surface area contributed by atoms with E-state index in [1.54, 1.807) is 0 Å². The Balaban J connectivity index is 2.78. The normalized spacial score (nSPS) is 9.57. The number of thiocarbonyl (C=S) groups is 1. The Morgan fingerprint density at radius 3 is 2.71 bits per heavy atom. The van der Waals surface area contributed by atoms with Crippen LogP contribution in [0.3, 0.4) is 0 Å². The lowest BCUT2D eigenvalue weighted by Crippen LogP contribution is -2.24. The maximum atomic E-state index is 5.06. The van der Waals surface area contributed by atoms with Crippen molar-refractivity contribution >= 4 is 23.0 Å². The number of benzene rings is 1. The van der Waals surface area contributed by atoms with Crippen LogP contribution in [0.4, 0.5) is 5.69 Å². The van der Waals surface area contributed by atoms with E-state index in [1.807, 2.05) is 13.1 Å². The van der Waals surface area contributed by atoms with Crippen molar-refractivity contribution in [2.75, 3.05) is 12.4 Å². The van der Waals surface area contributed by atoms with E-state index in [2.05, 4.69) is 35.8 Å². The highest BCUT2D eigenvalue weighted by Gasteiger charge is 2.00. The molecule has 0 aliphatic heterocycles. The molecule has 0 aliphatic carbocycles. The second kappa shape index (κ2) is 5.60. The molecule has 0 aliphatic rings. The van der Waals surface area contributed by atoms with Crippen molar-refractivity contribution in [2.24, 2.45) is 0 Å². The predicted molar refractivity (Wildman–Crippen MR) is 65.7 cm³/mol. The van der Waals surface area contributed by atoms with Crippen molar-refractivity contribution in [3.63, 3.8) is 0 Å². The first-order valence-corrected chi connectivity index (χ1v) is 5.25. The van der Waals surface area contributed by atoms with Gasteiger partial charge in [-0.05, 0) is 30.3 Å². The molecule has 0 heterocycles. The van der Waals surface area contributed by atoms with E-state index in [4.69, 9.17) is 12.2 Å². The van der Waals surface area contributed by atoms with Gasteiger partial charge in [0.2, 0.25) is 0 Å². The van der Waals surface area contributed by atoms with Gasteiger partial charge in [0.25, 0.3) is 0 Å². The first-order valence-electron chi connectivity index (χ1n) is 4.84. The molecule has 0 radical (unpaired) electrons. The summed E-state index contributed by atoms with van der Waals surface area (Å²) in [5.74, 6) is 0. The van der Waals surface area contributed by atoms with E-state index in [0.717, 1.165) is 18.5 Å². The molecule has 76 valence electrons. The van der Waals surface area contributed by atoms with Crippen LogP contribution in [0.15, 0.2) is 24.3 Å². The standard InChI is InChI=1S/C11H16N2S/c1-3-6-9-7-4-5-8-10(9)13-11(14)12-2/h4-5,7-8H,3,6H2,1-2H3,(H2,12,13,14). The summed E-state index contributed by atoms with van der Waals surface area (Å²) < 4.78 is 0. The molecule has 1 aromatic carbocycles. The number of aryl methyl sites for hydroxylation is 1. The zero-order valence-corrected chi connectivity index (χ0v) is 9.45. The van der Waals surface area contributed by atoms with Gasteiger partial charge in [-0.1, -0.05) is 31.5 Å². The molecule has 0 aromatic heterocycles. The second-order valence-corrected chi connectivity index (χ2v) is 3.52. The lowest BCUT2D eigenvalue weighted by molar-refractivity contribution is 0.923. The number of rotatable bonds is 3. The summed E-state index contributed by atoms with van der Waals surface area (Å²) in [6.45, 7) is 2.17. The molecule has 0 saturated heterocycles. The fraction of sp³-hybridized carbons (Fsp3) is 0.364. The lowest BCUT2D eigenvalue weighted by atomic mass is 10.1. The molecule has 1 rings (SSSR count). The SMILES string of the molecule is CCCc1ccccc1NC(=S)NC. The predicted octanol–water partition coefficient (Wildman–Crippen LogP) is 2.56. The van der Waals surface area contributed by atoms with Crippen LogP contribution >= 0.6 is 12.2 Å². The molecule has 0 unspecified atom stereocenters. The highest BCUT2D eigenvalue weighted by Crippen LogP contribution is 2.16. The largest absolute Gasteiger partial charge is 0.366 e. The van der Waals surface area contributed by atoms with Crippen LogP contribution in [0.25, 0.3) is 0 Å². The molecular weight excluding hydrogens is 192 g/mol. The number of nitrogens with one attached hydrogen (secondary N) is 2. The van der Waals surface area contributed by atoms with Crippen LogP contribution in [-0.4, -0.2) is 12.2 Å². The maximum Gasteiger partial charge on any atom is 0.170 e.